The summed E-state index contributed by atoms with van der Waals surface area (Å²) in [4.78, 5) is 29.6. The van der Waals surface area contributed by atoms with Gasteiger partial charge in [0.1, 0.15) is 11.9 Å². The van der Waals surface area contributed by atoms with Gasteiger partial charge in [0.05, 0.1) is 17.1 Å². The highest BCUT2D eigenvalue weighted by molar-refractivity contribution is 7.89. The average molecular weight is 549 g/mol. The maximum absolute atomic E-state index is 14.7. The van der Waals surface area contributed by atoms with E-state index in [9.17, 15) is 27.5 Å². The molecule has 0 fully saturated rings. The Hall–Kier alpha value is -3.31. The average Bonchev–Trinajstić information content (AvgIpc) is 2.85. The SMILES string of the molecule is Cc1ccc(F)c([C@@H](C)[C@H](NS(=O)(=O)c2ccc(Cl)cc2C(=O)NOCc2ccccc2)C(=O)O)c1C. The van der Waals surface area contributed by atoms with E-state index >= 15 is 0 Å². The molecule has 0 aliphatic heterocycles. The predicted octanol–water partition coefficient (Wildman–Crippen LogP) is 4.49. The molecule has 0 radical (unpaired) electrons. The number of carbonyl (C=O) groups is 2. The summed E-state index contributed by atoms with van der Waals surface area (Å²) in [7, 11) is -4.59. The Kier molecular flexibility index (Phi) is 9.03. The predicted molar refractivity (Wildman–Crippen MR) is 136 cm³/mol. The van der Waals surface area contributed by atoms with Gasteiger partial charge in [-0.1, -0.05) is 54.9 Å². The second-order valence-corrected chi connectivity index (χ2v) is 10.6. The highest BCUT2D eigenvalue weighted by Gasteiger charge is 2.35. The highest BCUT2D eigenvalue weighted by atomic mass is 35.5. The van der Waals surface area contributed by atoms with Crippen molar-refractivity contribution in [2.45, 2.75) is 44.2 Å². The number of aliphatic carboxylic acids is 1. The van der Waals surface area contributed by atoms with E-state index in [-0.39, 0.29) is 22.8 Å². The molecule has 196 valence electrons. The lowest BCUT2D eigenvalue weighted by molar-refractivity contribution is -0.139. The quantitative estimate of drug-likeness (QED) is 0.321. The molecular weight excluding hydrogens is 523 g/mol. The fraction of sp³-hybridized carbons (Fsp3) is 0.231. The third kappa shape index (κ3) is 6.72. The van der Waals surface area contributed by atoms with Crippen LogP contribution in [0.4, 0.5) is 4.39 Å². The van der Waals surface area contributed by atoms with Crippen molar-refractivity contribution in [1.82, 2.24) is 10.2 Å². The van der Waals surface area contributed by atoms with Crippen molar-refractivity contribution in [1.29, 1.82) is 0 Å². The number of sulfonamides is 1. The van der Waals surface area contributed by atoms with E-state index in [1.807, 2.05) is 6.07 Å². The highest BCUT2D eigenvalue weighted by Crippen LogP contribution is 2.29. The van der Waals surface area contributed by atoms with Gasteiger partial charge in [-0.05, 0) is 60.4 Å². The van der Waals surface area contributed by atoms with E-state index in [0.29, 0.717) is 5.56 Å². The van der Waals surface area contributed by atoms with Crippen LogP contribution < -0.4 is 10.2 Å². The minimum atomic E-state index is -4.59. The largest absolute Gasteiger partial charge is 0.480 e. The number of hydroxylamine groups is 1. The lowest BCUT2D eigenvalue weighted by atomic mass is 9.88. The minimum Gasteiger partial charge on any atom is -0.480 e. The van der Waals surface area contributed by atoms with Gasteiger partial charge in [-0.25, -0.2) is 18.3 Å². The van der Waals surface area contributed by atoms with Crippen molar-refractivity contribution in [3.05, 3.63) is 99.3 Å². The Morgan fingerprint density at radius 2 is 1.76 bits per heavy atom. The number of carboxylic acid groups (broad SMARTS) is 1. The lowest BCUT2D eigenvalue weighted by Gasteiger charge is -2.24. The normalized spacial score (nSPS) is 13.1. The number of hydrogen-bond donors (Lipinski definition) is 3. The molecule has 8 nitrogen and oxygen atoms in total. The molecule has 0 heterocycles. The Labute approximate surface area is 219 Å². The third-order valence-electron chi connectivity index (χ3n) is 5.96. The van der Waals surface area contributed by atoms with E-state index in [1.165, 1.54) is 19.1 Å². The molecule has 37 heavy (non-hydrogen) atoms. The summed E-state index contributed by atoms with van der Waals surface area (Å²) in [5, 5.41) is 9.92. The van der Waals surface area contributed by atoms with Crippen molar-refractivity contribution < 1.29 is 32.3 Å². The number of carbonyl (C=O) groups excluding carboxylic acids is 1. The summed E-state index contributed by atoms with van der Waals surface area (Å²) in [6.07, 6.45) is 0. The smallest absolute Gasteiger partial charge is 0.322 e. The van der Waals surface area contributed by atoms with Crippen LogP contribution in [0.15, 0.2) is 65.6 Å². The molecule has 0 bridgehead atoms. The standard InChI is InChI=1S/C26H26ClFN2O6S/c1-15-9-11-21(28)23(16(15)2)17(3)24(26(32)33)30-37(34,35)22-12-10-19(27)13-20(22)25(31)29-36-14-18-7-5-4-6-8-18/h4-13,17,24,30H,14H2,1-3H3,(H,29,31)(H,32,33)/t17-,24+/m1/s1. The van der Waals surface area contributed by atoms with Crippen LogP contribution in [-0.4, -0.2) is 31.4 Å². The Morgan fingerprint density at radius 1 is 1.08 bits per heavy atom. The zero-order chi connectivity index (χ0) is 27.3. The number of amides is 1. The summed E-state index contributed by atoms with van der Waals surface area (Å²) in [5.74, 6) is -4.14. The van der Waals surface area contributed by atoms with Crippen LogP contribution >= 0.6 is 11.6 Å². The second kappa shape index (κ2) is 11.8. The van der Waals surface area contributed by atoms with E-state index < -0.39 is 44.6 Å². The maximum atomic E-state index is 14.7. The number of aryl methyl sites for hydroxylation is 1. The molecule has 3 rings (SSSR count). The third-order valence-corrected chi connectivity index (χ3v) is 7.69. The first kappa shape index (κ1) is 28.3. The number of benzene rings is 3. The number of nitrogens with one attached hydrogen (secondary N) is 2. The Bertz CT molecular complexity index is 1420. The summed E-state index contributed by atoms with van der Waals surface area (Å²) in [6, 6.07) is 13.4. The zero-order valence-corrected chi connectivity index (χ0v) is 21.9. The Morgan fingerprint density at radius 3 is 2.41 bits per heavy atom. The van der Waals surface area contributed by atoms with Gasteiger partial charge in [-0.15, -0.1) is 0 Å². The van der Waals surface area contributed by atoms with Crippen molar-refractivity contribution in [2.24, 2.45) is 0 Å². The van der Waals surface area contributed by atoms with Gasteiger partial charge in [0, 0.05) is 10.9 Å². The van der Waals surface area contributed by atoms with Gasteiger partial charge in [-0.2, -0.15) is 4.72 Å². The van der Waals surface area contributed by atoms with Crippen molar-refractivity contribution in [3.8, 4) is 0 Å². The van der Waals surface area contributed by atoms with E-state index in [4.69, 9.17) is 16.4 Å². The van der Waals surface area contributed by atoms with Gasteiger partial charge < -0.3 is 5.11 Å². The first-order chi connectivity index (χ1) is 17.4. The van der Waals surface area contributed by atoms with Gasteiger partial charge in [0.2, 0.25) is 10.0 Å². The first-order valence-corrected chi connectivity index (χ1v) is 13.0. The summed E-state index contributed by atoms with van der Waals surface area (Å²) < 4.78 is 43.4. The molecule has 11 heteroatoms. The number of halogens is 2. The molecule has 3 aromatic rings. The van der Waals surface area contributed by atoms with Gasteiger partial charge in [0.15, 0.2) is 0 Å². The van der Waals surface area contributed by atoms with Crippen molar-refractivity contribution in [2.75, 3.05) is 0 Å². The molecule has 0 saturated heterocycles. The monoisotopic (exact) mass is 548 g/mol. The number of hydrogen-bond acceptors (Lipinski definition) is 5. The molecule has 3 N–H and O–H groups in total. The lowest BCUT2D eigenvalue weighted by Crippen LogP contribution is -2.45. The van der Waals surface area contributed by atoms with Crippen LogP contribution in [-0.2, 0) is 26.3 Å². The Balaban J connectivity index is 1.89. The molecule has 0 saturated carbocycles. The first-order valence-electron chi connectivity index (χ1n) is 11.2. The molecule has 0 aliphatic carbocycles. The van der Waals surface area contributed by atoms with E-state index in [0.717, 1.165) is 23.3 Å². The van der Waals surface area contributed by atoms with Crippen LogP contribution in [0.2, 0.25) is 5.02 Å². The van der Waals surface area contributed by atoms with Crippen LogP contribution in [0.5, 0.6) is 0 Å². The van der Waals surface area contributed by atoms with Crippen molar-refractivity contribution in [3.63, 3.8) is 0 Å². The van der Waals surface area contributed by atoms with Crippen molar-refractivity contribution >= 4 is 33.5 Å². The van der Waals surface area contributed by atoms with E-state index in [2.05, 4.69) is 10.2 Å². The van der Waals surface area contributed by atoms with Gasteiger partial charge >= 0.3 is 5.97 Å². The molecule has 0 aliphatic rings. The fourth-order valence-corrected chi connectivity index (χ4v) is 5.48. The molecule has 0 aromatic heterocycles. The van der Waals surface area contributed by atoms with Crippen LogP contribution in [0.3, 0.4) is 0 Å². The number of carboxylic acids is 1. The summed E-state index contributed by atoms with van der Waals surface area (Å²) >= 11 is 6.01. The second-order valence-electron chi connectivity index (χ2n) is 8.47. The fourth-order valence-electron chi connectivity index (χ4n) is 3.86. The molecule has 1 amide bonds. The molecule has 3 aromatic carbocycles. The summed E-state index contributed by atoms with van der Waals surface area (Å²) in [5.41, 5.74) is 3.90. The summed E-state index contributed by atoms with van der Waals surface area (Å²) in [6.45, 7) is 4.81. The van der Waals surface area contributed by atoms with Gasteiger partial charge in [-0.3, -0.25) is 14.4 Å². The van der Waals surface area contributed by atoms with Crippen LogP contribution in [0.25, 0.3) is 0 Å². The molecular formula is C26H26ClFN2O6S. The topological polar surface area (TPSA) is 122 Å². The van der Waals surface area contributed by atoms with Crippen LogP contribution in [0, 0.1) is 19.7 Å². The molecule has 0 unspecified atom stereocenters. The zero-order valence-electron chi connectivity index (χ0n) is 20.3. The molecule has 2 atom stereocenters. The van der Waals surface area contributed by atoms with E-state index in [1.54, 1.807) is 44.2 Å². The molecule has 0 spiro atoms. The van der Waals surface area contributed by atoms with Gasteiger partial charge in [0.25, 0.3) is 5.91 Å². The van der Waals surface area contributed by atoms with Crippen LogP contribution in [0.1, 0.15) is 45.5 Å². The minimum absolute atomic E-state index is 0.0213. The number of rotatable bonds is 10. The maximum Gasteiger partial charge on any atom is 0.322 e.